The molecule has 0 unspecified atom stereocenters. The third-order valence-corrected chi connectivity index (χ3v) is 1.03. The highest BCUT2D eigenvalue weighted by Gasteiger charge is 1.81. The van der Waals surface area contributed by atoms with Crippen molar-refractivity contribution >= 4 is 0 Å². The predicted octanol–water partition coefficient (Wildman–Crippen LogP) is 0.659. The quantitative estimate of drug-likeness (QED) is 0.525. The average molecular weight is 115 g/mol. The molecule has 0 amide bonds. The van der Waals surface area contributed by atoms with Crippen LogP contribution >= 0.6 is 0 Å². The number of hydrogen-bond donors (Lipinski definition) is 1. The van der Waals surface area contributed by atoms with E-state index in [0.717, 1.165) is 25.9 Å². The zero-order valence-electron chi connectivity index (χ0n) is 5.54. The van der Waals surface area contributed by atoms with Gasteiger partial charge in [0.25, 0.3) is 0 Å². The Balaban J connectivity index is 2.53. The first kappa shape index (κ1) is 7.92. The molecule has 0 aliphatic carbocycles. The van der Waals surface area contributed by atoms with E-state index in [2.05, 4.69) is 12.2 Å². The van der Waals surface area contributed by atoms with Gasteiger partial charge in [0.1, 0.15) is 0 Å². The van der Waals surface area contributed by atoms with Crippen LogP contribution in [0.4, 0.5) is 0 Å². The van der Waals surface area contributed by atoms with E-state index in [4.69, 9.17) is 5.73 Å². The van der Waals surface area contributed by atoms with Crippen LogP contribution in [0.1, 0.15) is 19.8 Å². The molecule has 0 aliphatic heterocycles. The van der Waals surface area contributed by atoms with Crippen LogP contribution < -0.4 is 11.1 Å². The Morgan fingerprint density at radius 1 is 1.38 bits per heavy atom. The lowest BCUT2D eigenvalue weighted by Gasteiger charge is -1.96. The fourth-order valence-electron chi connectivity index (χ4n) is 0.552. The molecule has 0 saturated heterocycles. The van der Waals surface area contributed by atoms with Gasteiger partial charge in [-0.15, -0.1) is 0 Å². The summed E-state index contributed by atoms with van der Waals surface area (Å²) < 4.78 is 0. The summed E-state index contributed by atoms with van der Waals surface area (Å²) in [4.78, 5) is 0. The molecular formula is C6H15N2. The number of rotatable bonds is 5. The summed E-state index contributed by atoms with van der Waals surface area (Å²) in [6.45, 7) is 4.81. The molecule has 0 aromatic heterocycles. The van der Waals surface area contributed by atoms with Gasteiger partial charge in [-0.05, 0) is 25.9 Å². The molecule has 0 atom stereocenters. The second kappa shape index (κ2) is 6.92. The summed E-state index contributed by atoms with van der Waals surface area (Å²) in [7, 11) is 0. The van der Waals surface area contributed by atoms with E-state index >= 15 is 0 Å². The van der Waals surface area contributed by atoms with Gasteiger partial charge in [-0.25, -0.2) is 0 Å². The van der Waals surface area contributed by atoms with Gasteiger partial charge in [0.2, 0.25) is 0 Å². The van der Waals surface area contributed by atoms with E-state index < -0.39 is 0 Å². The molecule has 0 aromatic rings. The fourth-order valence-corrected chi connectivity index (χ4v) is 0.552. The summed E-state index contributed by atoms with van der Waals surface area (Å²) in [6.07, 6.45) is 2.18. The van der Waals surface area contributed by atoms with Crippen LogP contribution in [-0.2, 0) is 0 Å². The molecule has 0 bridgehead atoms. The Hall–Kier alpha value is -0.0800. The van der Waals surface area contributed by atoms with E-state index in [1.807, 2.05) is 0 Å². The highest BCUT2D eigenvalue weighted by atomic mass is 14.8. The number of nitrogens with one attached hydrogen (secondary N) is 2. The van der Waals surface area contributed by atoms with Crippen molar-refractivity contribution in [2.24, 2.45) is 0 Å². The largest absolute Gasteiger partial charge is 0.317 e. The summed E-state index contributed by atoms with van der Waals surface area (Å²) >= 11 is 0. The number of hydrogen-bond acceptors (Lipinski definition) is 1. The molecule has 8 heavy (non-hydrogen) atoms. The van der Waals surface area contributed by atoms with Gasteiger partial charge in [0, 0.05) is 6.54 Å². The van der Waals surface area contributed by atoms with Crippen LogP contribution in [0, 0.1) is 0 Å². The zero-order chi connectivity index (χ0) is 6.24. The van der Waals surface area contributed by atoms with Crippen LogP contribution in [0.15, 0.2) is 0 Å². The molecule has 0 saturated carbocycles. The van der Waals surface area contributed by atoms with Crippen LogP contribution in [-0.4, -0.2) is 19.6 Å². The Morgan fingerprint density at radius 2 is 2.12 bits per heavy atom. The second-order valence-corrected chi connectivity index (χ2v) is 1.81. The monoisotopic (exact) mass is 115 g/mol. The van der Waals surface area contributed by atoms with Crippen molar-refractivity contribution in [3.8, 4) is 0 Å². The van der Waals surface area contributed by atoms with Crippen molar-refractivity contribution in [1.82, 2.24) is 11.1 Å². The minimum absolute atomic E-state index is 0.575. The van der Waals surface area contributed by atoms with Crippen LogP contribution in [0.25, 0.3) is 0 Å². The first-order valence-electron chi connectivity index (χ1n) is 3.27. The zero-order valence-corrected chi connectivity index (χ0v) is 5.54. The van der Waals surface area contributed by atoms with Crippen molar-refractivity contribution < 1.29 is 0 Å². The Kier molecular flexibility index (Phi) is 6.85. The lowest BCUT2D eigenvalue weighted by atomic mass is 10.3. The molecule has 0 fully saturated rings. The minimum atomic E-state index is 0.575. The van der Waals surface area contributed by atoms with Crippen molar-refractivity contribution in [3.05, 3.63) is 0 Å². The predicted molar refractivity (Wildman–Crippen MR) is 35.7 cm³/mol. The third-order valence-electron chi connectivity index (χ3n) is 1.03. The molecule has 49 valence electrons. The van der Waals surface area contributed by atoms with Gasteiger partial charge < -0.3 is 5.32 Å². The van der Waals surface area contributed by atoms with E-state index in [0.29, 0.717) is 6.54 Å². The van der Waals surface area contributed by atoms with Gasteiger partial charge in [-0.1, -0.05) is 6.92 Å². The van der Waals surface area contributed by atoms with E-state index in [9.17, 15) is 0 Å². The highest BCUT2D eigenvalue weighted by molar-refractivity contribution is 4.44. The van der Waals surface area contributed by atoms with E-state index in [1.165, 1.54) is 0 Å². The van der Waals surface area contributed by atoms with Gasteiger partial charge in [0.15, 0.2) is 0 Å². The lowest BCUT2D eigenvalue weighted by molar-refractivity contribution is 0.643. The van der Waals surface area contributed by atoms with E-state index in [-0.39, 0.29) is 0 Å². The molecule has 0 aliphatic rings. The molecule has 2 N–H and O–H groups in total. The van der Waals surface area contributed by atoms with Gasteiger partial charge in [0.05, 0.1) is 0 Å². The second-order valence-electron chi connectivity index (χ2n) is 1.81. The van der Waals surface area contributed by atoms with Crippen molar-refractivity contribution in [2.75, 3.05) is 19.6 Å². The van der Waals surface area contributed by atoms with Crippen LogP contribution in [0.2, 0.25) is 0 Å². The topological polar surface area (TPSA) is 35.8 Å². The summed E-state index contributed by atoms with van der Waals surface area (Å²) in [5, 5.41) is 3.20. The summed E-state index contributed by atoms with van der Waals surface area (Å²) in [5.41, 5.74) is 6.81. The standard InChI is InChI=1S/C6H15N2/c1-2-8-6-4-3-5-7/h7-8H,2-6H2,1H3. The molecule has 1 radical (unpaired) electrons. The molecule has 0 rings (SSSR count). The summed E-state index contributed by atoms with van der Waals surface area (Å²) in [6, 6.07) is 0. The Morgan fingerprint density at radius 3 is 2.62 bits per heavy atom. The van der Waals surface area contributed by atoms with Gasteiger partial charge in [-0.3, -0.25) is 5.73 Å². The van der Waals surface area contributed by atoms with Gasteiger partial charge in [-0.2, -0.15) is 0 Å². The maximum absolute atomic E-state index is 6.81. The lowest BCUT2D eigenvalue weighted by Crippen LogP contribution is -2.14. The summed E-state index contributed by atoms with van der Waals surface area (Å²) in [5.74, 6) is 0. The Labute approximate surface area is 51.5 Å². The van der Waals surface area contributed by atoms with Crippen molar-refractivity contribution in [2.45, 2.75) is 19.8 Å². The minimum Gasteiger partial charge on any atom is -0.317 e. The first-order chi connectivity index (χ1) is 3.91. The van der Waals surface area contributed by atoms with Crippen LogP contribution in [0.3, 0.4) is 0 Å². The molecular weight excluding hydrogens is 100 g/mol. The smallest absolute Gasteiger partial charge is 0.0100 e. The highest BCUT2D eigenvalue weighted by Crippen LogP contribution is 1.81. The average Bonchev–Trinajstić information content (AvgIpc) is 1.81. The van der Waals surface area contributed by atoms with Crippen molar-refractivity contribution in [1.29, 1.82) is 0 Å². The SMILES string of the molecule is CCNCCCC[NH]. The fraction of sp³-hybridized carbons (Fsp3) is 1.00. The Bertz CT molecular complexity index is 31.5. The number of unbranched alkanes of at least 4 members (excludes halogenated alkanes) is 1. The molecule has 2 nitrogen and oxygen atoms in total. The first-order valence-corrected chi connectivity index (χ1v) is 3.27. The molecule has 0 spiro atoms. The maximum Gasteiger partial charge on any atom is 0.0100 e. The molecule has 0 heterocycles. The normalized spacial score (nSPS) is 9.75. The molecule has 2 heteroatoms. The maximum atomic E-state index is 6.81. The third kappa shape index (κ3) is 5.92. The molecule has 0 aromatic carbocycles. The van der Waals surface area contributed by atoms with Gasteiger partial charge >= 0.3 is 0 Å². The van der Waals surface area contributed by atoms with E-state index in [1.54, 1.807) is 0 Å². The van der Waals surface area contributed by atoms with Crippen molar-refractivity contribution in [3.63, 3.8) is 0 Å². The van der Waals surface area contributed by atoms with Crippen LogP contribution in [0.5, 0.6) is 0 Å².